The minimum Gasteiger partial charge on any atom is -0.493 e. The molecule has 6 nitrogen and oxygen atoms in total. The van der Waals surface area contributed by atoms with Crippen LogP contribution in [-0.4, -0.2) is 43.8 Å². The molecule has 0 aliphatic carbocycles. The van der Waals surface area contributed by atoms with E-state index in [2.05, 4.69) is 10.2 Å². The maximum absolute atomic E-state index is 12.2. The summed E-state index contributed by atoms with van der Waals surface area (Å²) < 4.78 is 12.1. The number of anilines is 2. The largest absolute Gasteiger partial charge is 0.493 e. The first-order chi connectivity index (χ1) is 13.7. The summed E-state index contributed by atoms with van der Waals surface area (Å²) in [4.78, 5) is 19.2. The van der Waals surface area contributed by atoms with E-state index in [1.165, 1.54) is 5.56 Å². The molecule has 1 amide bonds. The number of morpholine rings is 1. The highest BCUT2D eigenvalue weighted by Gasteiger charge is 2.15. The molecule has 0 bridgehead atoms. The molecule has 1 fully saturated rings. The summed E-state index contributed by atoms with van der Waals surface area (Å²) in [7, 11) is 0. The van der Waals surface area contributed by atoms with Gasteiger partial charge in [0.15, 0.2) is 5.13 Å². The topological polar surface area (TPSA) is 63.7 Å². The molecular weight excluding hydrogens is 374 g/mol. The Morgan fingerprint density at radius 3 is 2.79 bits per heavy atom. The number of nitrogens with one attached hydrogen (secondary N) is 1. The monoisotopic (exact) mass is 397 g/mol. The quantitative estimate of drug-likeness (QED) is 0.685. The Morgan fingerprint density at radius 1 is 1.21 bits per heavy atom. The lowest BCUT2D eigenvalue weighted by atomic mass is 10.2. The van der Waals surface area contributed by atoms with Gasteiger partial charge in [-0.3, -0.25) is 4.79 Å². The first kappa shape index (κ1) is 18.7. The Hall–Kier alpha value is -2.64. The highest BCUT2D eigenvalue weighted by Crippen LogP contribution is 2.31. The van der Waals surface area contributed by atoms with Gasteiger partial charge in [-0.2, -0.15) is 0 Å². The zero-order valence-electron chi connectivity index (χ0n) is 15.8. The second-order valence-corrected chi connectivity index (χ2v) is 7.75. The van der Waals surface area contributed by atoms with E-state index >= 15 is 0 Å². The first-order valence-corrected chi connectivity index (χ1v) is 10.2. The molecule has 146 valence electrons. The molecule has 1 aromatic heterocycles. The van der Waals surface area contributed by atoms with Gasteiger partial charge in [0.05, 0.1) is 36.5 Å². The smallest absolute Gasteiger partial charge is 0.227 e. The number of nitrogens with zero attached hydrogens (tertiary/aromatic N) is 2. The van der Waals surface area contributed by atoms with Crippen molar-refractivity contribution in [3.63, 3.8) is 0 Å². The van der Waals surface area contributed by atoms with E-state index in [-0.39, 0.29) is 5.91 Å². The molecule has 2 aromatic carbocycles. The van der Waals surface area contributed by atoms with Crippen molar-refractivity contribution in [2.75, 3.05) is 43.1 Å². The predicted molar refractivity (Wildman–Crippen MR) is 113 cm³/mol. The van der Waals surface area contributed by atoms with Crippen molar-refractivity contribution in [1.82, 2.24) is 4.98 Å². The standard InChI is InChI=1S/C21H23N3O3S/c1-15-2-5-17(6-3-15)27-11-8-20(25)22-16-4-7-18-19(14-16)28-21(23-18)24-9-12-26-13-10-24/h2-7,14H,8-13H2,1H3,(H,22,25). The second kappa shape index (κ2) is 8.58. The van der Waals surface area contributed by atoms with Crippen molar-refractivity contribution in [3.8, 4) is 5.75 Å². The third kappa shape index (κ3) is 4.61. The normalized spacial score (nSPS) is 14.2. The van der Waals surface area contributed by atoms with Gasteiger partial charge in [0.2, 0.25) is 5.91 Å². The second-order valence-electron chi connectivity index (χ2n) is 6.74. The molecule has 28 heavy (non-hydrogen) atoms. The first-order valence-electron chi connectivity index (χ1n) is 9.40. The number of hydrogen-bond donors (Lipinski definition) is 1. The molecule has 1 N–H and O–H groups in total. The molecule has 7 heteroatoms. The minimum atomic E-state index is -0.0654. The Kier molecular flexibility index (Phi) is 5.73. The summed E-state index contributed by atoms with van der Waals surface area (Å²) in [6.45, 7) is 5.58. The van der Waals surface area contributed by atoms with Crippen molar-refractivity contribution in [2.24, 2.45) is 0 Å². The van der Waals surface area contributed by atoms with E-state index in [0.717, 1.165) is 53.1 Å². The molecule has 0 radical (unpaired) electrons. The molecule has 1 aliphatic heterocycles. The van der Waals surface area contributed by atoms with Crippen LogP contribution in [0.25, 0.3) is 10.2 Å². The summed E-state index contributed by atoms with van der Waals surface area (Å²) >= 11 is 1.64. The molecule has 0 atom stereocenters. The van der Waals surface area contributed by atoms with E-state index in [4.69, 9.17) is 14.5 Å². The van der Waals surface area contributed by atoms with E-state index in [9.17, 15) is 4.79 Å². The number of aryl methyl sites for hydroxylation is 1. The van der Waals surface area contributed by atoms with E-state index < -0.39 is 0 Å². The van der Waals surface area contributed by atoms with Crippen molar-refractivity contribution < 1.29 is 14.3 Å². The van der Waals surface area contributed by atoms with Crippen molar-refractivity contribution in [3.05, 3.63) is 48.0 Å². The number of amides is 1. The highest BCUT2D eigenvalue weighted by atomic mass is 32.1. The van der Waals surface area contributed by atoms with Crippen molar-refractivity contribution in [2.45, 2.75) is 13.3 Å². The van der Waals surface area contributed by atoms with Crippen molar-refractivity contribution in [1.29, 1.82) is 0 Å². The van der Waals surface area contributed by atoms with Crippen LogP contribution < -0.4 is 15.0 Å². The van der Waals surface area contributed by atoms with E-state index in [0.29, 0.717) is 13.0 Å². The fourth-order valence-corrected chi connectivity index (χ4v) is 4.06. The van der Waals surface area contributed by atoms with Crippen LogP contribution in [-0.2, 0) is 9.53 Å². The Morgan fingerprint density at radius 2 is 2.00 bits per heavy atom. The summed E-state index contributed by atoms with van der Waals surface area (Å²) in [5.41, 5.74) is 2.91. The molecule has 4 rings (SSSR count). The lowest BCUT2D eigenvalue weighted by molar-refractivity contribution is -0.116. The fourth-order valence-electron chi connectivity index (χ4n) is 3.00. The van der Waals surface area contributed by atoms with E-state index in [1.54, 1.807) is 11.3 Å². The van der Waals surface area contributed by atoms with Crippen molar-refractivity contribution >= 4 is 38.3 Å². The number of thiazole rings is 1. The summed E-state index contributed by atoms with van der Waals surface area (Å²) in [6, 6.07) is 13.6. The fraction of sp³-hybridized carbons (Fsp3) is 0.333. The minimum absolute atomic E-state index is 0.0654. The van der Waals surface area contributed by atoms with Gasteiger partial charge in [0.25, 0.3) is 0 Å². The summed E-state index contributed by atoms with van der Waals surface area (Å²) in [5.74, 6) is 0.713. The molecule has 1 aliphatic rings. The zero-order chi connectivity index (χ0) is 19.3. The molecule has 1 saturated heterocycles. The average molecular weight is 398 g/mol. The number of fused-ring (bicyclic) bond motifs is 1. The van der Waals surface area contributed by atoms with Gasteiger partial charge in [-0.15, -0.1) is 0 Å². The Labute approximate surface area is 168 Å². The van der Waals surface area contributed by atoms with Crippen LogP contribution in [0.2, 0.25) is 0 Å². The molecule has 2 heterocycles. The SMILES string of the molecule is Cc1ccc(OCCC(=O)Nc2ccc3nc(N4CCOCC4)sc3c2)cc1. The van der Waals surface area contributed by atoms with Crippen LogP contribution in [0.3, 0.4) is 0 Å². The number of carbonyl (C=O) groups is 1. The Balaban J connectivity index is 1.33. The van der Waals surface area contributed by atoms with Crippen LogP contribution in [0.15, 0.2) is 42.5 Å². The molecule has 0 saturated carbocycles. The number of carbonyl (C=O) groups excluding carboxylic acids is 1. The van der Waals surface area contributed by atoms with Gasteiger partial charge >= 0.3 is 0 Å². The number of ether oxygens (including phenoxy) is 2. The molecule has 0 spiro atoms. The Bertz CT molecular complexity index is 949. The maximum atomic E-state index is 12.2. The number of benzene rings is 2. The molecule has 0 unspecified atom stereocenters. The van der Waals surface area contributed by atoms with Gasteiger partial charge in [-0.25, -0.2) is 4.98 Å². The maximum Gasteiger partial charge on any atom is 0.227 e. The highest BCUT2D eigenvalue weighted by molar-refractivity contribution is 7.22. The van der Waals surface area contributed by atoms with Crippen LogP contribution in [0.5, 0.6) is 5.75 Å². The third-order valence-electron chi connectivity index (χ3n) is 4.56. The lowest BCUT2D eigenvalue weighted by Crippen LogP contribution is -2.36. The summed E-state index contributed by atoms with van der Waals surface area (Å²) in [5, 5.41) is 3.95. The van der Waals surface area contributed by atoms with Gasteiger partial charge < -0.3 is 19.7 Å². The predicted octanol–water partition coefficient (Wildman–Crippen LogP) is 3.85. The number of rotatable bonds is 6. The van der Waals surface area contributed by atoms with E-state index in [1.807, 2.05) is 49.4 Å². The van der Waals surface area contributed by atoms with Gasteiger partial charge in [0.1, 0.15) is 5.75 Å². The number of hydrogen-bond acceptors (Lipinski definition) is 6. The number of aromatic nitrogens is 1. The van der Waals surface area contributed by atoms with Crippen LogP contribution in [0, 0.1) is 6.92 Å². The average Bonchev–Trinajstić information content (AvgIpc) is 3.14. The molecular formula is C21H23N3O3S. The van der Waals surface area contributed by atoms with Gasteiger partial charge in [-0.1, -0.05) is 29.0 Å². The van der Waals surface area contributed by atoms with Gasteiger partial charge in [0, 0.05) is 18.8 Å². The van der Waals surface area contributed by atoms with Gasteiger partial charge in [-0.05, 0) is 37.3 Å². The molecule has 3 aromatic rings. The zero-order valence-corrected chi connectivity index (χ0v) is 16.6. The van der Waals surface area contributed by atoms with Crippen LogP contribution in [0.4, 0.5) is 10.8 Å². The van der Waals surface area contributed by atoms with Crippen LogP contribution >= 0.6 is 11.3 Å². The lowest BCUT2D eigenvalue weighted by Gasteiger charge is -2.25. The van der Waals surface area contributed by atoms with Crippen LogP contribution in [0.1, 0.15) is 12.0 Å². The third-order valence-corrected chi connectivity index (χ3v) is 5.64. The summed E-state index contributed by atoms with van der Waals surface area (Å²) in [6.07, 6.45) is 0.299.